The van der Waals surface area contributed by atoms with Gasteiger partial charge in [-0.05, 0) is 37.8 Å². The lowest BCUT2D eigenvalue weighted by Gasteiger charge is -2.25. The molecule has 1 saturated carbocycles. The Morgan fingerprint density at radius 3 is 2.34 bits per heavy atom. The smallest absolute Gasteiger partial charge is 0.436 e. The van der Waals surface area contributed by atoms with Crippen LogP contribution in [-0.4, -0.2) is 75.1 Å². The van der Waals surface area contributed by atoms with Crippen molar-refractivity contribution in [3.8, 4) is 0 Å². The molecule has 3 amide bonds. The topological polar surface area (TPSA) is 127 Å². The molecule has 0 aromatic heterocycles. The third kappa shape index (κ3) is 7.13. The fourth-order valence-corrected chi connectivity index (χ4v) is 3.26. The van der Waals surface area contributed by atoms with Gasteiger partial charge >= 0.3 is 24.3 Å². The predicted molar refractivity (Wildman–Crippen MR) is 119 cm³/mol. The van der Waals surface area contributed by atoms with Crippen molar-refractivity contribution in [2.75, 3.05) is 36.7 Å². The van der Waals surface area contributed by atoms with Gasteiger partial charge in [-0.3, -0.25) is 9.59 Å². The standard InChI is InChI=1S/C22H25F5N4O7/c1-12(37-19(34)28-11-21(23,24)22(25,26)27)17(32)29-14-9-31(38-20(35)36-10-13-7-8-13)16-6-4-3-5-15(16)30(2)18(14)33/h3-6,12-14H,7-11H2,1-2H3,(H,28,34)(H,29,32)/t12-,14-/m0/s1. The van der Waals surface area contributed by atoms with Crippen LogP contribution in [0.4, 0.5) is 42.9 Å². The predicted octanol–water partition coefficient (Wildman–Crippen LogP) is 2.74. The maximum atomic E-state index is 13.1. The first-order valence-corrected chi connectivity index (χ1v) is 11.4. The Kier molecular flexibility index (Phi) is 8.51. The Hall–Kier alpha value is -3.85. The molecule has 16 heteroatoms. The Balaban J connectivity index is 1.65. The van der Waals surface area contributed by atoms with Crippen molar-refractivity contribution in [2.24, 2.45) is 5.92 Å². The average molecular weight is 552 g/mol. The van der Waals surface area contributed by atoms with Crippen molar-refractivity contribution in [3.63, 3.8) is 0 Å². The van der Waals surface area contributed by atoms with Crippen molar-refractivity contribution < 1.29 is 55.4 Å². The number of rotatable bonds is 8. The molecule has 1 fully saturated rings. The van der Waals surface area contributed by atoms with Gasteiger partial charge in [0.05, 0.1) is 31.1 Å². The zero-order chi connectivity index (χ0) is 28.3. The SMILES string of the molecule is C[C@H](OC(=O)NCC(F)(F)C(F)(F)F)C(=O)N[C@H]1CN(OC(=O)OCC2CC2)c2ccccc2N(C)C1=O. The molecule has 0 unspecified atom stereocenters. The van der Waals surface area contributed by atoms with E-state index in [9.17, 15) is 41.1 Å². The minimum absolute atomic E-state index is 0.166. The summed E-state index contributed by atoms with van der Waals surface area (Å²) < 4.78 is 72.3. The van der Waals surface area contributed by atoms with E-state index in [2.05, 4.69) is 10.1 Å². The molecule has 0 radical (unpaired) electrons. The van der Waals surface area contributed by atoms with E-state index in [-0.39, 0.29) is 19.1 Å². The molecule has 1 aromatic rings. The third-order valence-electron chi connectivity index (χ3n) is 5.65. The summed E-state index contributed by atoms with van der Waals surface area (Å²) in [6, 6.07) is 5.01. The largest absolute Gasteiger partial charge is 0.533 e. The number of benzene rings is 1. The van der Waals surface area contributed by atoms with Crippen molar-refractivity contribution in [3.05, 3.63) is 24.3 Å². The lowest BCUT2D eigenvalue weighted by Crippen LogP contribution is -2.54. The van der Waals surface area contributed by atoms with Crippen LogP contribution in [0.3, 0.4) is 0 Å². The third-order valence-corrected chi connectivity index (χ3v) is 5.65. The number of hydrogen-bond donors (Lipinski definition) is 2. The first-order chi connectivity index (χ1) is 17.7. The molecule has 210 valence electrons. The molecule has 3 rings (SSSR count). The Morgan fingerprint density at radius 2 is 1.74 bits per heavy atom. The molecular formula is C22H25F5N4O7. The van der Waals surface area contributed by atoms with Crippen LogP contribution < -0.4 is 20.6 Å². The zero-order valence-corrected chi connectivity index (χ0v) is 20.2. The number of hydroxylamine groups is 1. The molecule has 1 aliphatic heterocycles. The fourth-order valence-electron chi connectivity index (χ4n) is 3.26. The maximum absolute atomic E-state index is 13.1. The van der Waals surface area contributed by atoms with E-state index in [1.165, 1.54) is 17.3 Å². The first kappa shape index (κ1) is 28.7. The number of para-hydroxylation sites is 2. The van der Waals surface area contributed by atoms with Crippen LogP contribution in [0.25, 0.3) is 0 Å². The van der Waals surface area contributed by atoms with Crippen LogP contribution >= 0.6 is 0 Å². The van der Waals surface area contributed by atoms with Crippen molar-refractivity contribution >= 4 is 35.4 Å². The van der Waals surface area contributed by atoms with Crippen molar-refractivity contribution in [2.45, 2.75) is 44.0 Å². The molecule has 2 atom stereocenters. The molecule has 11 nitrogen and oxygen atoms in total. The van der Waals surface area contributed by atoms with Gasteiger partial charge in [0.2, 0.25) is 0 Å². The molecule has 1 aromatic carbocycles. The highest BCUT2D eigenvalue weighted by molar-refractivity contribution is 6.03. The summed E-state index contributed by atoms with van der Waals surface area (Å²) in [5.74, 6) is -6.67. The fraction of sp³-hybridized carbons (Fsp3) is 0.545. The highest BCUT2D eigenvalue weighted by atomic mass is 19.4. The maximum Gasteiger partial charge on any atom is 0.533 e. The number of likely N-dealkylation sites (N-methyl/N-ethyl adjacent to an activating group) is 1. The molecule has 2 aliphatic rings. The minimum atomic E-state index is -5.90. The molecular weight excluding hydrogens is 527 g/mol. The Bertz CT molecular complexity index is 1070. The van der Waals surface area contributed by atoms with Crippen LogP contribution in [0.1, 0.15) is 19.8 Å². The number of carbonyl (C=O) groups is 4. The van der Waals surface area contributed by atoms with Crippen LogP contribution in [0, 0.1) is 5.92 Å². The van der Waals surface area contributed by atoms with Gasteiger partial charge in [-0.1, -0.05) is 12.1 Å². The number of nitrogens with one attached hydrogen (secondary N) is 2. The number of hydrogen-bond acceptors (Lipinski definition) is 8. The summed E-state index contributed by atoms with van der Waals surface area (Å²) in [6.45, 7) is -1.31. The number of anilines is 2. The Morgan fingerprint density at radius 1 is 1.11 bits per heavy atom. The quantitative estimate of drug-likeness (QED) is 0.373. The minimum Gasteiger partial charge on any atom is -0.436 e. The zero-order valence-electron chi connectivity index (χ0n) is 20.2. The first-order valence-electron chi connectivity index (χ1n) is 11.4. The van der Waals surface area contributed by atoms with Gasteiger partial charge in [-0.2, -0.15) is 27.0 Å². The van der Waals surface area contributed by atoms with Crippen LogP contribution in [-0.2, 0) is 23.9 Å². The molecule has 0 bridgehead atoms. The van der Waals surface area contributed by atoms with E-state index < -0.39 is 54.9 Å². The number of carbonyl (C=O) groups excluding carboxylic acids is 4. The summed E-state index contributed by atoms with van der Waals surface area (Å²) in [4.78, 5) is 56.0. The normalized spacial score (nSPS) is 18.6. The van der Waals surface area contributed by atoms with E-state index in [1.54, 1.807) is 24.3 Å². The summed E-state index contributed by atoms with van der Waals surface area (Å²) >= 11 is 0. The molecule has 1 aliphatic carbocycles. The second-order valence-corrected chi connectivity index (χ2v) is 8.71. The van der Waals surface area contributed by atoms with Crippen molar-refractivity contribution in [1.82, 2.24) is 10.6 Å². The number of alkyl halides is 5. The molecule has 2 N–H and O–H groups in total. The average Bonchev–Trinajstić information content (AvgIpc) is 3.68. The summed E-state index contributed by atoms with van der Waals surface area (Å²) in [7, 11) is 1.41. The van der Waals surface area contributed by atoms with E-state index in [0.717, 1.165) is 24.8 Å². The molecule has 0 saturated heterocycles. The monoisotopic (exact) mass is 552 g/mol. The van der Waals surface area contributed by atoms with E-state index >= 15 is 0 Å². The highest BCUT2D eigenvalue weighted by Crippen LogP contribution is 2.35. The second kappa shape index (κ2) is 11.3. The second-order valence-electron chi connectivity index (χ2n) is 8.71. The van der Waals surface area contributed by atoms with Crippen molar-refractivity contribution in [1.29, 1.82) is 0 Å². The number of halogens is 5. The van der Waals surface area contributed by atoms with E-state index in [0.29, 0.717) is 11.4 Å². The van der Waals surface area contributed by atoms with Crippen LogP contribution in [0.2, 0.25) is 0 Å². The summed E-state index contributed by atoms with van der Waals surface area (Å²) in [6.07, 6.45) is -8.48. The lowest BCUT2D eigenvalue weighted by molar-refractivity contribution is -0.278. The molecule has 1 heterocycles. The molecule has 0 spiro atoms. The van der Waals surface area contributed by atoms with Gasteiger partial charge < -0.3 is 29.8 Å². The van der Waals surface area contributed by atoms with Crippen LogP contribution in [0.15, 0.2) is 24.3 Å². The number of ether oxygens (including phenoxy) is 2. The van der Waals surface area contributed by atoms with Gasteiger partial charge in [-0.25, -0.2) is 9.59 Å². The summed E-state index contributed by atoms with van der Waals surface area (Å²) in [5.41, 5.74) is 0.635. The number of alkyl carbamates (subject to hydrolysis) is 1. The van der Waals surface area contributed by atoms with Gasteiger partial charge in [0.15, 0.2) is 6.10 Å². The van der Waals surface area contributed by atoms with E-state index in [1.807, 2.05) is 0 Å². The summed E-state index contributed by atoms with van der Waals surface area (Å²) in [5, 5.41) is 4.60. The molecule has 38 heavy (non-hydrogen) atoms. The number of fused-ring (bicyclic) bond motifs is 1. The number of amides is 3. The van der Waals surface area contributed by atoms with Gasteiger partial charge in [-0.15, -0.1) is 0 Å². The lowest BCUT2D eigenvalue weighted by atomic mass is 10.2. The van der Waals surface area contributed by atoms with E-state index in [4.69, 9.17) is 9.57 Å². The van der Waals surface area contributed by atoms with Gasteiger partial charge in [0, 0.05) is 7.05 Å². The highest BCUT2D eigenvalue weighted by Gasteiger charge is 2.57. The Labute approximate surface area is 213 Å². The van der Waals surface area contributed by atoms with Gasteiger partial charge in [0.25, 0.3) is 11.8 Å². The number of nitrogens with zero attached hydrogens (tertiary/aromatic N) is 2. The van der Waals surface area contributed by atoms with Gasteiger partial charge in [0.1, 0.15) is 6.04 Å². The van der Waals surface area contributed by atoms with Crippen LogP contribution in [0.5, 0.6) is 0 Å².